The van der Waals surface area contributed by atoms with Gasteiger partial charge in [-0.25, -0.2) is 19.8 Å². The minimum absolute atomic E-state index is 0.378. The molecule has 98 heavy (non-hydrogen) atoms. The maximum atomic E-state index is 10.8. The number of nitrogens with zero attached hydrogens (tertiary/aromatic N) is 8. The lowest BCUT2D eigenvalue weighted by Gasteiger charge is -2.19. The largest absolute Gasteiger partial charge is 0.308 e. The molecule has 3 aromatic heterocycles. The second-order valence-corrected chi connectivity index (χ2v) is 24.4. The van der Waals surface area contributed by atoms with Gasteiger partial charge in [-0.3, -0.25) is 0 Å². The van der Waals surface area contributed by atoms with Crippen LogP contribution in [0.15, 0.2) is 328 Å². The highest BCUT2D eigenvalue weighted by molar-refractivity contribution is 6.14. The lowest BCUT2D eigenvalue weighted by molar-refractivity contribution is 1.06. The molecule has 0 amide bonds. The number of rotatable bonds is 12. The van der Waals surface area contributed by atoms with Crippen molar-refractivity contribution in [3.05, 3.63) is 350 Å². The molecule has 0 unspecified atom stereocenters. The second kappa shape index (κ2) is 24.6. The molecule has 8 heteroatoms. The predicted molar refractivity (Wildman–Crippen MR) is 399 cm³/mol. The van der Waals surface area contributed by atoms with Crippen molar-refractivity contribution in [2.24, 2.45) is 0 Å². The number of aromatic nitrogens is 5. The molecule has 0 atom stereocenters. The number of nitriles is 2. The summed E-state index contributed by atoms with van der Waals surface area (Å²) in [4.78, 5) is 21.3. The molecule has 0 spiro atoms. The summed E-state index contributed by atoms with van der Waals surface area (Å²) in [5, 5.41) is 25.0. The molecule has 14 aromatic carbocycles. The van der Waals surface area contributed by atoms with Crippen LogP contribution < -0.4 is 0 Å². The molecule has 0 saturated heterocycles. The van der Waals surface area contributed by atoms with Crippen LogP contribution in [-0.2, 0) is 0 Å². The summed E-state index contributed by atoms with van der Waals surface area (Å²) in [6, 6.07) is 118. The molecule has 17 rings (SSSR count). The van der Waals surface area contributed by atoms with Crippen LogP contribution in [0.4, 0.5) is 5.69 Å². The maximum Gasteiger partial charge on any atom is 0.194 e. The highest BCUT2D eigenvalue weighted by atomic mass is 15.1. The minimum atomic E-state index is 0.378. The molecule has 454 valence electrons. The Hall–Kier alpha value is -13.8. The van der Waals surface area contributed by atoms with Crippen molar-refractivity contribution in [2.75, 3.05) is 0 Å². The lowest BCUT2D eigenvalue weighted by atomic mass is 9.96. The van der Waals surface area contributed by atoms with E-state index in [1.165, 1.54) is 0 Å². The van der Waals surface area contributed by atoms with Crippen LogP contribution in [0.2, 0.25) is 0 Å². The molecule has 8 nitrogen and oxygen atoms in total. The Labute approximate surface area is 566 Å². The number of benzene rings is 14. The van der Waals surface area contributed by atoms with Gasteiger partial charge in [0.15, 0.2) is 23.2 Å². The van der Waals surface area contributed by atoms with Crippen molar-refractivity contribution < 1.29 is 0 Å². The molecule has 0 N–H and O–H groups in total. The van der Waals surface area contributed by atoms with Crippen LogP contribution in [0.25, 0.3) is 172 Å². The van der Waals surface area contributed by atoms with E-state index in [-0.39, 0.29) is 0 Å². The molecular formula is C90H54N8. The van der Waals surface area contributed by atoms with Gasteiger partial charge >= 0.3 is 0 Å². The third-order valence-corrected chi connectivity index (χ3v) is 18.7. The fourth-order valence-corrected chi connectivity index (χ4v) is 14.0. The van der Waals surface area contributed by atoms with E-state index in [0.717, 1.165) is 138 Å². The highest BCUT2D eigenvalue weighted by Crippen LogP contribution is 2.46. The summed E-state index contributed by atoms with van der Waals surface area (Å²) in [7, 11) is 0. The normalized spacial score (nSPS) is 11.2. The van der Waals surface area contributed by atoms with Gasteiger partial charge in [0.1, 0.15) is 0 Å². The molecule has 0 aliphatic carbocycles. The van der Waals surface area contributed by atoms with E-state index >= 15 is 0 Å². The average Bonchev–Trinajstić information content (AvgIpc) is 1.57. The summed E-state index contributed by atoms with van der Waals surface area (Å²) in [5.74, 6) is 1.16. The van der Waals surface area contributed by atoms with Gasteiger partial charge in [0.25, 0.3) is 0 Å². The second-order valence-electron chi connectivity index (χ2n) is 24.4. The average molecular weight is 1250 g/mol. The van der Waals surface area contributed by atoms with Gasteiger partial charge in [0.2, 0.25) is 0 Å². The quantitative estimate of drug-likeness (QED) is 0.113. The van der Waals surface area contributed by atoms with Crippen LogP contribution in [0.5, 0.6) is 0 Å². The lowest BCUT2D eigenvalue weighted by Crippen LogP contribution is -2.06. The van der Waals surface area contributed by atoms with Gasteiger partial charge in [0, 0.05) is 38.2 Å². The summed E-state index contributed by atoms with van der Waals surface area (Å²) in [6.45, 7) is 8.44. The van der Waals surface area contributed by atoms with Gasteiger partial charge in [0.05, 0.1) is 63.3 Å². The molecular weight excluding hydrogens is 1190 g/mol. The smallest absolute Gasteiger partial charge is 0.194 e. The third-order valence-electron chi connectivity index (χ3n) is 18.7. The third kappa shape index (κ3) is 10.3. The van der Waals surface area contributed by atoms with Gasteiger partial charge < -0.3 is 9.13 Å². The van der Waals surface area contributed by atoms with Crippen molar-refractivity contribution in [1.82, 2.24) is 24.1 Å². The first kappa shape index (κ1) is 58.0. The van der Waals surface area contributed by atoms with E-state index in [0.29, 0.717) is 45.4 Å². The Morgan fingerprint density at radius 2 is 0.602 bits per heavy atom. The van der Waals surface area contributed by atoms with Crippen LogP contribution >= 0.6 is 0 Å². The number of para-hydroxylation sites is 1. The standard InChI is InChI=1S/C90H54N8/c1-93-81-33-19-18-31-73(81)69-43-49-87(98-84-46-40-66(61-24-10-4-11-25-61)52-77(84)78-53-67(41-47-85(78)98)62-26-12-5-13-27-62)80(55-69)90-95-88(74-32-17-16-30-72(74)63-36-34-58(56-91)35-37-63)94-89(96-90)79-54-68(71-29-15-14-28-70(71)57-92)42-48-86(79)97-82-44-38-64(59-20-6-2-7-21-59)50-75(82)76-51-65(39-45-83(76)97)60-22-8-3-9-23-60/h2-55H. The van der Waals surface area contributed by atoms with E-state index in [4.69, 9.17) is 21.5 Å². The Balaban J connectivity index is 0.988. The monoisotopic (exact) mass is 1250 g/mol. The SMILES string of the molecule is [C-]#[N+]c1ccccc1-c1ccc(-n2c3ccc(-c4ccccc4)cc3c3cc(-c4ccccc4)ccc32)c(-c2nc(-c3ccccc3-c3ccc(C#N)cc3)nc(-c3cc(-c4ccccc4C#N)ccc3-n3c4ccc(-c5ccccc5)cc4c4cc(-c5ccccc5)ccc43)n2)c1. The molecule has 17 aromatic rings. The summed E-state index contributed by atoms with van der Waals surface area (Å²) in [5.41, 5.74) is 22.9. The summed E-state index contributed by atoms with van der Waals surface area (Å²) in [6.07, 6.45) is 0. The number of hydrogen-bond acceptors (Lipinski definition) is 5. The maximum absolute atomic E-state index is 10.8. The number of fused-ring (bicyclic) bond motifs is 6. The van der Waals surface area contributed by atoms with Crippen LogP contribution in [0, 0.1) is 29.2 Å². The molecule has 0 aliphatic rings. The summed E-state index contributed by atoms with van der Waals surface area (Å²) < 4.78 is 4.66. The Kier molecular flexibility index (Phi) is 14.5. The van der Waals surface area contributed by atoms with E-state index < -0.39 is 0 Å². The fraction of sp³-hybridized carbons (Fsp3) is 0. The Bertz CT molecular complexity index is 5610. The topological polar surface area (TPSA) is 100 Å². The zero-order valence-electron chi connectivity index (χ0n) is 52.8. The Morgan fingerprint density at radius 1 is 0.265 bits per heavy atom. The Morgan fingerprint density at radius 3 is 1.01 bits per heavy atom. The molecule has 0 bridgehead atoms. The van der Waals surface area contributed by atoms with Crippen molar-refractivity contribution in [3.63, 3.8) is 0 Å². The molecule has 0 radical (unpaired) electrons. The van der Waals surface area contributed by atoms with E-state index in [9.17, 15) is 10.5 Å². The minimum Gasteiger partial charge on any atom is -0.308 e. The zero-order valence-corrected chi connectivity index (χ0v) is 52.8. The molecule has 0 aliphatic heterocycles. The van der Waals surface area contributed by atoms with Gasteiger partial charge in [-0.15, -0.1) is 0 Å². The van der Waals surface area contributed by atoms with Crippen molar-refractivity contribution in [1.29, 1.82) is 10.5 Å². The first-order chi connectivity index (χ1) is 48.4. The zero-order chi connectivity index (χ0) is 65.6. The predicted octanol–water partition coefficient (Wildman–Crippen LogP) is 23.0. The fourth-order valence-electron chi connectivity index (χ4n) is 14.0. The van der Waals surface area contributed by atoms with Gasteiger partial charge in [-0.1, -0.05) is 237 Å². The first-order valence-corrected chi connectivity index (χ1v) is 32.5. The van der Waals surface area contributed by atoms with E-state index in [2.05, 4.69) is 238 Å². The van der Waals surface area contributed by atoms with E-state index in [1.54, 1.807) is 0 Å². The molecule has 0 fully saturated rings. The van der Waals surface area contributed by atoms with Crippen molar-refractivity contribution >= 4 is 49.3 Å². The van der Waals surface area contributed by atoms with Crippen molar-refractivity contribution in [3.8, 4) is 136 Å². The van der Waals surface area contributed by atoms with Gasteiger partial charge in [-0.2, -0.15) is 10.5 Å². The highest BCUT2D eigenvalue weighted by Gasteiger charge is 2.26. The van der Waals surface area contributed by atoms with Crippen LogP contribution in [0.1, 0.15) is 11.1 Å². The molecule has 0 saturated carbocycles. The first-order valence-electron chi connectivity index (χ1n) is 32.5. The number of hydrogen-bond donors (Lipinski definition) is 0. The van der Waals surface area contributed by atoms with Gasteiger partial charge in [-0.05, 0) is 169 Å². The molecule has 3 heterocycles. The van der Waals surface area contributed by atoms with Crippen molar-refractivity contribution in [2.45, 2.75) is 0 Å². The van der Waals surface area contributed by atoms with Crippen LogP contribution in [-0.4, -0.2) is 24.1 Å². The van der Waals surface area contributed by atoms with E-state index in [1.807, 2.05) is 115 Å². The summed E-state index contributed by atoms with van der Waals surface area (Å²) >= 11 is 0. The van der Waals surface area contributed by atoms with Crippen LogP contribution in [0.3, 0.4) is 0 Å².